The van der Waals surface area contributed by atoms with Gasteiger partial charge in [-0.15, -0.1) is 0 Å². The Labute approximate surface area is 125 Å². The predicted octanol–water partition coefficient (Wildman–Crippen LogP) is 1.13. The van der Waals surface area contributed by atoms with Crippen molar-refractivity contribution < 1.29 is 17.9 Å². The molecule has 6 nitrogen and oxygen atoms in total. The van der Waals surface area contributed by atoms with Gasteiger partial charge in [-0.25, -0.2) is 8.42 Å². The molecule has 0 aromatic heterocycles. The molecule has 1 N–H and O–H groups in total. The molecule has 1 fully saturated rings. The van der Waals surface area contributed by atoms with Crippen molar-refractivity contribution in [2.24, 2.45) is 0 Å². The van der Waals surface area contributed by atoms with Gasteiger partial charge in [0.15, 0.2) is 6.10 Å². The van der Waals surface area contributed by atoms with Crippen LogP contribution in [0.1, 0.15) is 19.8 Å². The van der Waals surface area contributed by atoms with Crippen LogP contribution in [0.2, 0.25) is 0 Å². The summed E-state index contributed by atoms with van der Waals surface area (Å²) in [4.78, 5) is 11.8. The van der Waals surface area contributed by atoms with Crippen molar-refractivity contribution in [2.45, 2.75) is 31.9 Å². The Bertz CT molecular complexity index is 608. The first-order valence-corrected chi connectivity index (χ1v) is 8.63. The maximum Gasteiger partial charge on any atom is 0.260 e. The molecule has 1 saturated carbocycles. The molecule has 1 aliphatic rings. The summed E-state index contributed by atoms with van der Waals surface area (Å²) in [5.41, 5.74) is 0.542. The fourth-order valence-electron chi connectivity index (χ4n) is 1.73. The molecule has 0 bridgehead atoms. The standard InChI is InChI=1S/C14H20N2O4S/c1-10(14(17)15-11-4-5-11)20-13-8-6-12(7-9-13)16(2)21(3,18)19/h6-11H,4-5H2,1-3H3,(H,15,17)/t10-/m0/s1. The summed E-state index contributed by atoms with van der Waals surface area (Å²) in [7, 11) is -1.80. The summed E-state index contributed by atoms with van der Waals surface area (Å²) < 4.78 is 29.6. The molecule has 0 unspecified atom stereocenters. The van der Waals surface area contributed by atoms with Crippen molar-refractivity contribution in [1.82, 2.24) is 5.32 Å². The van der Waals surface area contributed by atoms with Gasteiger partial charge in [-0.2, -0.15) is 0 Å². The van der Waals surface area contributed by atoms with Gasteiger partial charge >= 0.3 is 0 Å². The predicted molar refractivity (Wildman–Crippen MR) is 80.9 cm³/mol. The molecule has 116 valence electrons. The number of hydrogen-bond donors (Lipinski definition) is 1. The molecule has 1 aliphatic carbocycles. The lowest BCUT2D eigenvalue weighted by Crippen LogP contribution is -2.37. The average Bonchev–Trinajstić information content (AvgIpc) is 3.21. The SMILES string of the molecule is C[C@H](Oc1ccc(N(C)S(C)(=O)=O)cc1)C(=O)NC1CC1. The Kier molecular flexibility index (Phi) is 4.41. The van der Waals surface area contributed by atoms with Crippen molar-refractivity contribution in [1.29, 1.82) is 0 Å². The van der Waals surface area contributed by atoms with Gasteiger partial charge in [-0.1, -0.05) is 0 Å². The van der Waals surface area contributed by atoms with Crippen LogP contribution >= 0.6 is 0 Å². The molecule has 1 amide bonds. The number of benzene rings is 1. The summed E-state index contributed by atoms with van der Waals surface area (Å²) in [6.07, 6.45) is 2.63. The average molecular weight is 312 g/mol. The van der Waals surface area contributed by atoms with E-state index in [1.54, 1.807) is 31.2 Å². The Morgan fingerprint density at radius 3 is 2.38 bits per heavy atom. The fraction of sp³-hybridized carbons (Fsp3) is 0.500. The second-order valence-corrected chi connectivity index (χ2v) is 7.28. The number of anilines is 1. The number of nitrogens with one attached hydrogen (secondary N) is 1. The van der Waals surface area contributed by atoms with Gasteiger partial charge in [0, 0.05) is 13.1 Å². The molecular formula is C14H20N2O4S. The molecule has 1 atom stereocenters. The summed E-state index contributed by atoms with van der Waals surface area (Å²) in [5.74, 6) is 0.397. The van der Waals surface area contributed by atoms with Crippen molar-refractivity contribution in [3.8, 4) is 5.75 Å². The number of nitrogens with zero attached hydrogens (tertiary/aromatic N) is 1. The van der Waals surface area contributed by atoms with E-state index in [4.69, 9.17) is 4.74 Å². The highest BCUT2D eigenvalue weighted by Crippen LogP contribution is 2.22. The zero-order valence-electron chi connectivity index (χ0n) is 12.4. The summed E-state index contributed by atoms with van der Waals surface area (Å²) in [6.45, 7) is 1.69. The topological polar surface area (TPSA) is 75.7 Å². The van der Waals surface area contributed by atoms with Crippen LogP contribution in [0.25, 0.3) is 0 Å². The smallest absolute Gasteiger partial charge is 0.260 e. The van der Waals surface area contributed by atoms with E-state index in [0.717, 1.165) is 19.1 Å². The molecule has 1 aromatic carbocycles. The van der Waals surface area contributed by atoms with Crippen molar-refractivity contribution in [3.63, 3.8) is 0 Å². The van der Waals surface area contributed by atoms with E-state index in [1.807, 2.05) is 0 Å². The van der Waals surface area contributed by atoms with Crippen LogP contribution in [0.3, 0.4) is 0 Å². The van der Waals surface area contributed by atoms with Crippen LogP contribution in [0, 0.1) is 0 Å². The molecule has 0 aliphatic heterocycles. The van der Waals surface area contributed by atoms with Crippen LogP contribution in [0.4, 0.5) is 5.69 Å². The maximum atomic E-state index is 11.8. The third kappa shape index (κ3) is 4.35. The lowest BCUT2D eigenvalue weighted by Gasteiger charge is -2.18. The third-order valence-electron chi connectivity index (χ3n) is 3.30. The molecule has 2 rings (SSSR count). The zero-order chi connectivity index (χ0) is 15.6. The Morgan fingerprint density at radius 1 is 1.33 bits per heavy atom. The molecule has 21 heavy (non-hydrogen) atoms. The zero-order valence-corrected chi connectivity index (χ0v) is 13.2. The number of rotatable bonds is 6. The quantitative estimate of drug-likeness (QED) is 0.854. The van der Waals surface area contributed by atoms with Gasteiger partial charge in [-0.3, -0.25) is 9.10 Å². The van der Waals surface area contributed by atoms with Crippen molar-refractivity contribution >= 4 is 21.6 Å². The van der Waals surface area contributed by atoms with Crippen LogP contribution in [0.5, 0.6) is 5.75 Å². The van der Waals surface area contributed by atoms with Gasteiger partial charge in [0.05, 0.1) is 11.9 Å². The van der Waals surface area contributed by atoms with Gasteiger partial charge in [0.25, 0.3) is 5.91 Å². The Morgan fingerprint density at radius 2 is 1.90 bits per heavy atom. The second kappa shape index (κ2) is 5.93. The summed E-state index contributed by atoms with van der Waals surface area (Å²) in [6, 6.07) is 6.88. The number of amides is 1. The van der Waals surface area contributed by atoms with E-state index < -0.39 is 16.1 Å². The third-order valence-corrected chi connectivity index (χ3v) is 4.51. The maximum absolute atomic E-state index is 11.8. The van der Waals surface area contributed by atoms with Crippen LogP contribution < -0.4 is 14.4 Å². The van der Waals surface area contributed by atoms with Crippen LogP contribution in [-0.4, -0.2) is 39.8 Å². The highest BCUT2D eigenvalue weighted by atomic mass is 32.2. The lowest BCUT2D eigenvalue weighted by atomic mass is 10.3. The number of hydrogen-bond acceptors (Lipinski definition) is 4. The minimum atomic E-state index is -3.28. The Hall–Kier alpha value is -1.76. The normalized spacial score (nSPS) is 16.1. The van der Waals surface area contributed by atoms with Crippen molar-refractivity contribution in [3.05, 3.63) is 24.3 Å². The molecule has 1 aromatic rings. The minimum absolute atomic E-state index is 0.130. The number of carbonyl (C=O) groups excluding carboxylic acids is 1. The lowest BCUT2D eigenvalue weighted by molar-refractivity contribution is -0.127. The molecule has 0 radical (unpaired) electrons. The largest absolute Gasteiger partial charge is 0.481 e. The molecule has 0 saturated heterocycles. The number of carbonyl (C=O) groups is 1. The second-order valence-electron chi connectivity index (χ2n) is 5.27. The first-order valence-electron chi connectivity index (χ1n) is 6.78. The van der Waals surface area contributed by atoms with E-state index in [-0.39, 0.29) is 5.91 Å². The number of ether oxygens (including phenoxy) is 1. The fourth-order valence-corrected chi connectivity index (χ4v) is 2.23. The van der Waals surface area contributed by atoms with E-state index in [1.165, 1.54) is 11.4 Å². The molecular weight excluding hydrogens is 292 g/mol. The molecule has 7 heteroatoms. The van der Waals surface area contributed by atoms with E-state index in [0.29, 0.717) is 17.5 Å². The molecule has 0 heterocycles. The van der Waals surface area contributed by atoms with Gasteiger partial charge < -0.3 is 10.1 Å². The van der Waals surface area contributed by atoms with Crippen LogP contribution in [0.15, 0.2) is 24.3 Å². The minimum Gasteiger partial charge on any atom is -0.481 e. The number of sulfonamides is 1. The summed E-state index contributed by atoms with van der Waals surface area (Å²) in [5, 5.41) is 2.87. The monoisotopic (exact) mass is 312 g/mol. The van der Waals surface area contributed by atoms with E-state index in [9.17, 15) is 13.2 Å². The van der Waals surface area contributed by atoms with Gasteiger partial charge in [-0.05, 0) is 44.0 Å². The van der Waals surface area contributed by atoms with E-state index in [2.05, 4.69) is 5.32 Å². The van der Waals surface area contributed by atoms with E-state index >= 15 is 0 Å². The van der Waals surface area contributed by atoms with Crippen molar-refractivity contribution in [2.75, 3.05) is 17.6 Å². The van der Waals surface area contributed by atoms with Crippen LogP contribution in [-0.2, 0) is 14.8 Å². The molecule has 0 spiro atoms. The summed E-state index contributed by atoms with van der Waals surface area (Å²) >= 11 is 0. The van der Waals surface area contributed by atoms with Gasteiger partial charge in [0.2, 0.25) is 10.0 Å². The first-order chi connectivity index (χ1) is 9.77. The highest BCUT2D eigenvalue weighted by Gasteiger charge is 2.26. The Balaban J connectivity index is 1.97. The highest BCUT2D eigenvalue weighted by molar-refractivity contribution is 7.92. The first kappa shape index (κ1) is 15.6. The van der Waals surface area contributed by atoms with Gasteiger partial charge in [0.1, 0.15) is 5.75 Å².